The van der Waals surface area contributed by atoms with Crippen LogP contribution in [0.1, 0.15) is 13.3 Å². The van der Waals surface area contributed by atoms with Gasteiger partial charge in [0.25, 0.3) is 0 Å². The van der Waals surface area contributed by atoms with Gasteiger partial charge in [0.15, 0.2) is 5.78 Å². The summed E-state index contributed by atoms with van der Waals surface area (Å²) < 4.78 is 5.13. The third kappa shape index (κ3) is 1.93. The van der Waals surface area contributed by atoms with Gasteiger partial charge in [0.05, 0.1) is 12.1 Å². The normalized spacial score (nSPS) is 28.8. The van der Waals surface area contributed by atoms with Crippen LogP contribution in [0, 0.1) is 0 Å². The highest BCUT2D eigenvalue weighted by atomic mass is 16.5. The van der Waals surface area contributed by atoms with E-state index in [9.17, 15) is 4.79 Å². The molecule has 12 heavy (non-hydrogen) atoms. The van der Waals surface area contributed by atoms with E-state index in [4.69, 9.17) is 4.74 Å². The van der Waals surface area contributed by atoms with Gasteiger partial charge in [0.1, 0.15) is 0 Å². The minimum absolute atomic E-state index is 0.0764. The number of carbonyl (C=O) groups is 1. The Morgan fingerprint density at radius 3 is 2.75 bits per heavy atom. The molecule has 0 aromatic rings. The first-order valence-corrected chi connectivity index (χ1v) is 4.11. The molecule has 1 saturated heterocycles. The Morgan fingerprint density at radius 2 is 2.33 bits per heavy atom. The molecule has 0 spiro atoms. The molecule has 0 amide bonds. The number of rotatable bonds is 3. The van der Waals surface area contributed by atoms with Gasteiger partial charge in [-0.1, -0.05) is 6.58 Å². The Morgan fingerprint density at radius 1 is 1.67 bits per heavy atom. The van der Waals surface area contributed by atoms with Crippen molar-refractivity contribution in [2.24, 2.45) is 0 Å². The number of carbonyl (C=O) groups excluding carboxylic acids is 1. The number of ketones is 1. The number of hydrogen-bond donors (Lipinski definition) is 1. The lowest BCUT2D eigenvalue weighted by Gasteiger charge is -2.07. The number of methoxy groups -OCH3 is 1. The zero-order chi connectivity index (χ0) is 9.14. The van der Waals surface area contributed by atoms with E-state index in [1.54, 1.807) is 14.0 Å². The number of hydrogen-bond acceptors (Lipinski definition) is 3. The van der Waals surface area contributed by atoms with E-state index in [-0.39, 0.29) is 17.9 Å². The van der Waals surface area contributed by atoms with Gasteiger partial charge in [0, 0.05) is 13.7 Å². The molecule has 0 aliphatic carbocycles. The minimum Gasteiger partial charge on any atom is -0.380 e. The van der Waals surface area contributed by atoms with Crippen molar-refractivity contribution in [1.82, 2.24) is 5.32 Å². The highest BCUT2D eigenvalue weighted by Gasteiger charge is 2.28. The molecule has 2 unspecified atom stereocenters. The molecule has 1 aliphatic rings. The third-order valence-electron chi connectivity index (χ3n) is 2.16. The Balaban J connectivity index is 2.46. The van der Waals surface area contributed by atoms with Gasteiger partial charge in [0.2, 0.25) is 0 Å². The van der Waals surface area contributed by atoms with Crippen molar-refractivity contribution in [3.63, 3.8) is 0 Å². The lowest BCUT2D eigenvalue weighted by Crippen LogP contribution is -2.30. The molecule has 3 nitrogen and oxygen atoms in total. The molecule has 1 fully saturated rings. The van der Waals surface area contributed by atoms with Crippen molar-refractivity contribution in [2.75, 3.05) is 13.7 Å². The molecule has 0 bridgehead atoms. The molecule has 1 heterocycles. The van der Waals surface area contributed by atoms with Crippen molar-refractivity contribution in [3.05, 3.63) is 12.2 Å². The maximum Gasteiger partial charge on any atom is 0.174 e. The summed E-state index contributed by atoms with van der Waals surface area (Å²) in [6.07, 6.45) is 0.945. The first-order chi connectivity index (χ1) is 5.65. The van der Waals surface area contributed by atoms with Crippen LogP contribution in [0.5, 0.6) is 0 Å². The Labute approximate surface area is 72.8 Å². The fourth-order valence-corrected chi connectivity index (χ4v) is 1.38. The molecular formula is C9H15NO2. The van der Waals surface area contributed by atoms with E-state index in [0.717, 1.165) is 13.0 Å². The third-order valence-corrected chi connectivity index (χ3v) is 2.16. The second kappa shape index (κ2) is 3.83. The van der Waals surface area contributed by atoms with Crippen LogP contribution in [0.2, 0.25) is 0 Å². The maximum absolute atomic E-state index is 11.4. The first-order valence-electron chi connectivity index (χ1n) is 4.11. The van der Waals surface area contributed by atoms with E-state index in [0.29, 0.717) is 5.57 Å². The number of Topliss-reactive ketones (excluding diaryl/α,β-unsaturated/α-hetero) is 1. The smallest absolute Gasteiger partial charge is 0.174 e. The van der Waals surface area contributed by atoms with E-state index >= 15 is 0 Å². The first kappa shape index (κ1) is 9.42. The van der Waals surface area contributed by atoms with Crippen LogP contribution in [0.25, 0.3) is 0 Å². The highest BCUT2D eigenvalue weighted by molar-refractivity contribution is 5.98. The van der Waals surface area contributed by atoms with Crippen molar-refractivity contribution in [1.29, 1.82) is 0 Å². The molecule has 2 atom stereocenters. The molecule has 1 N–H and O–H groups in total. The molecule has 68 valence electrons. The molecule has 0 aromatic carbocycles. The lowest BCUT2D eigenvalue weighted by atomic mass is 10.1. The summed E-state index contributed by atoms with van der Waals surface area (Å²) in [5.41, 5.74) is 0.615. The standard InChI is InChI=1S/C9H15NO2/c1-6(2)9(11)8-4-7(12-3)5-10-8/h7-8,10H,1,4-5H2,2-3H3. The van der Waals surface area contributed by atoms with E-state index in [1.807, 2.05) is 0 Å². The van der Waals surface area contributed by atoms with Gasteiger partial charge in [-0.15, -0.1) is 0 Å². The molecule has 0 saturated carbocycles. The fourth-order valence-electron chi connectivity index (χ4n) is 1.38. The molecule has 1 rings (SSSR count). The van der Waals surface area contributed by atoms with Gasteiger partial charge in [-0.25, -0.2) is 0 Å². The Bertz CT molecular complexity index is 201. The van der Waals surface area contributed by atoms with Crippen molar-refractivity contribution in [2.45, 2.75) is 25.5 Å². The van der Waals surface area contributed by atoms with Crippen molar-refractivity contribution < 1.29 is 9.53 Å². The average molecular weight is 169 g/mol. The summed E-state index contributed by atoms with van der Waals surface area (Å²) in [5, 5.41) is 3.10. The Kier molecular flexibility index (Phi) is 3.00. The predicted molar refractivity (Wildman–Crippen MR) is 47.0 cm³/mol. The summed E-state index contributed by atoms with van der Waals surface area (Å²) in [6, 6.07) is -0.0764. The molecule has 1 aliphatic heterocycles. The van der Waals surface area contributed by atoms with Crippen molar-refractivity contribution >= 4 is 5.78 Å². The quantitative estimate of drug-likeness (QED) is 0.625. The van der Waals surface area contributed by atoms with Crippen LogP contribution >= 0.6 is 0 Å². The van der Waals surface area contributed by atoms with Crippen LogP contribution in [0.4, 0.5) is 0 Å². The highest BCUT2D eigenvalue weighted by Crippen LogP contribution is 2.12. The van der Waals surface area contributed by atoms with Crippen LogP contribution in [-0.4, -0.2) is 31.6 Å². The maximum atomic E-state index is 11.4. The zero-order valence-corrected chi connectivity index (χ0v) is 7.59. The van der Waals surface area contributed by atoms with E-state index in [2.05, 4.69) is 11.9 Å². The van der Waals surface area contributed by atoms with Gasteiger partial charge < -0.3 is 10.1 Å². The molecular weight excluding hydrogens is 154 g/mol. The number of nitrogens with one attached hydrogen (secondary N) is 1. The Hall–Kier alpha value is -0.670. The van der Waals surface area contributed by atoms with Gasteiger partial charge in [-0.3, -0.25) is 4.79 Å². The molecule has 3 heteroatoms. The summed E-state index contributed by atoms with van der Waals surface area (Å²) in [5.74, 6) is 0.106. The summed E-state index contributed by atoms with van der Waals surface area (Å²) >= 11 is 0. The predicted octanol–water partition coefficient (Wildman–Crippen LogP) is 0.508. The summed E-state index contributed by atoms with van der Waals surface area (Å²) in [7, 11) is 1.67. The zero-order valence-electron chi connectivity index (χ0n) is 7.59. The lowest BCUT2D eigenvalue weighted by molar-refractivity contribution is -0.117. The monoisotopic (exact) mass is 169 g/mol. The molecule has 0 radical (unpaired) electrons. The van der Waals surface area contributed by atoms with Crippen LogP contribution < -0.4 is 5.32 Å². The van der Waals surface area contributed by atoms with E-state index < -0.39 is 0 Å². The second-order valence-corrected chi connectivity index (χ2v) is 3.20. The largest absolute Gasteiger partial charge is 0.380 e. The van der Waals surface area contributed by atoms with Crippen LogP contribution in [0.15, 0.2) is 12.2 Å². The topological polar surface area (TPSA) is 38.3 Å². The summed E-state index contributed by atoms with van der Waals surface area (Å²) in [4.78, 5) is 11.4. The SMILES string of the molecule is C=C(C)C(=O)C1CC(OC)CN1. The molecule has 0 aromatic heterocycles. The second-order valence-electron chi connectivity index (χ2n) is 3.20. The average Bonchev–Trinajstić information content (AvgIpc) is 2.50. The van der Waals surface area contributed by atoms with Crippen LogP contribution in [0.3, 0.4) is 0 Å². The minimum atomic E-state index is -0.0764. The van der Waals surface area contributed by atoms with Gasteiger partial charge in [-0.2, -0.15) is 0 Å². The van der Waals surface area contributed by atoms with Gasteiger partial charge >= 0.3 is 0 Å². The van der Waals surface area contributed by atoms with Gasteiger partial charge in [-0.05, 0) is 18.9 Å². The number of ether oxygens (including phenoxy) is 1. The van der Waals surface area contributed by atoms with Crippen LogP contribution in [-0.2, 0) is 9.53 Å². The van der Waals surface area contributed by atoms with E-state index in [1.165, 1.54) is 0 Å². The fraction of sp³-hybridized carbons (Fsp3) is 0.667. The summed E-state index contributed by atoms with van der Waals surface area (Å²) in [6.45, 7) is 6.12. The van der Waals surface area contributed by atoms with Crippen molar-refractivity contribution in [3.8, 4) is 0 Å².